The highest BCUT2D eigenvalue weighted by Gasteiger charge is 2.62. The molecule has 3 aliphatic heterocycles. The number of carbonyl (C=O) groups excluding carboxylic acids is 1. The molecule has 0 saturated carbocycles. The van der Waals surface area contributed by atoms with E-state index in [1.807, 2.05) is 23.1 Å². The molecule has 0 bridgehead atoms. The highest BCUT2D eigenvalue weighted by Crippen LogP contribution is 2.56. The fraction of sp³-hybridized carbons (Fsp3) is 0.353. The van der Waals surface area contributed by atoms with Crippen LogP contribution in [0, 0.1) is 0 Å². The molecule has 3 aromatic carbocycles. The average Bonchev–Trinajstić information content (AvgIpc) is 3.84. The number of hydrogen-bond donors (Lipinski definition) is 0. The van der Waals surface area contributed by atoms with Crippen molar-refractivity contribution in [2.45, 2.75) is 35.9 Å². The number of aromatic nitrogens is 1. The first-order chi connectivity index (χ1) is 22.8. The SMILES string of the molecule is COc1ccc(S(=O)(=O)N2C(=O)C(c3cc(CN4CCOCC4)ccc3OC)(N3CCC[C@H]3c3ncco3)c3ccc(Cl)cc32)cc1. The standard InChI is InChI=1S/C34H35ClN4O7S/c1-43-25-7-9-26(10-8-25)47(41,42)39-30-21-24(35)6-11-27(30)34(33(39)40,38-14-3-4-29(38)32-36-13-17-46-32)28-20-23(5-12-31(28)44-2)22-37-15-18-45-19-16-37/h5-13,17,20-21,29H,3-4,14-16,18-19,22H2,1-2H3/t29-,34?/m0/s1. The van der Waals surface area contributed by atoms with E-state index in [0.29, 0.717) is 66.3 Å². The third-order valence-electron chi connectivity index (χ3n) is 9.24. The summed E-state index contributed by atoms with van der Waals surface area (Å²) >= 11 is 6.54. The van der Waals surface area contributed by atoms with Crippen molar-refractivity contribution in [3.8, 4) is 11.5 Å². The number of ether oxygens (including phenoxy) is 3. The van der Waals surface area contributed by atoms with Crippen molar-refractivity contribution >= 4 is 33.2 Å². The number of methoxy groups -OCH3 is 2. The second kappa shape index (κ2) is 12.6. The Morgan fingerprint density at radius 3 is 2.47 bits per heavy atom. The van der Waals surface area contributed by atoms with Crippen LogP contribution >= 0.6 is 11.6 Å². The highest BCUT2D eigenvalue weighted by molar-refractivity contribution is 7.93. The van der Waals surface area contributed by atoms with Crippen LogP contribution in [0.25, 0.3) is 0 Å². The topological polar surface area (TPSA) is 115 Å². The molecule has 0 spiro atoms. The zero-order valence-electron chi connectivity index (χ0n) is 26.1. The summed E-state index contributed by atoms with van der Waals surface area (Å²) in [6.45, 7) is 3.92. The van der Waals surface area contributed by atoms with E-state index < -0.39 is 27.5 Å². The van der Waals surface area contributed by atoms with Gasteiger partial charge in [0.2, 0.25) is 5.89 Å². The number of morpholine rings is 1. The van der Waals surface area contributed by atoms with E-state index in [-0.39, 0.29) is 10.6 Å². The van der Waals surface area contributed by atoms with Gasteiger partial charge in [-0.25, -0.2) is 17.7 Å². The first kappa shape index (κ1) is 31.6. The number of sulfonamides is 1. The maximum absolute atomic E-state index is 15.5. The number of fused-ring (bicyclic) bond motifs is 1. The molecule has 0 aliphatic carbocycles. The van der Waals surface area contributed by atoms with E-state index in [0.717, 1.165) is 29.4 Å². The Balaban J connectivity index is 1.48. The van der Waals surface area contributed by atoms with Crippen LogP contribution in [0.3, 0.4) is 0 Å². The fourth-order valence-corrected chi connectivity index (χ4v) is 8.73. The first-order valence-electron chi connectivity index (χ1n) is 15.5. The Kier molecular flexibility index (Phi) is 8.48. The largest absolute Gasteiger partial charge is 0.497 e. The molecule has 13 heteroatoms. The molecule has 4 aromatic rings. The van der Waals surface area contributed by atoms with Gasteiger partial charge in [0.05, 0.1) is 50.3 Å². The second-order valence-electron chi connectivity index (χ2n) is 11.8. The van der Waals surface area contributed by atoms with Crippen LogP contribution in [0.5, 0.6) is 11.5 Å². The summed E-state index contributed by atoms with van der Waals surface area (Å²) in [6, 6.07) is 16.3. The van der Waals surface area contributed by atoms with Crippen LogP contribution < -0.4 is 13.8 Å². The van der Waals surface area contributed by atoms with Gasteiger partial charge in [-0.05, 0) is 66.9 Å². The predicted molar refractivity (Wildman–Crippen MR) is 174 cm³/mol. The van der Waals surface area contributed by atoms with E-state index >= 15 is 4.79 Å². The van der Waals surface area contributed by atoms with E-state index in [4.69, 9.17) is 30.2 Å². The molecule has 0 N–H and O–H groups in total. The minimum atomic E-state index is -4.43. The fourth-order valence-electron chi connectivity index (χ4n) is 7.11. The summed E-state index contributed by atoms with van der Waals surface area (Å²) in [4.78, 5) is 24.2. The number of nitrogens with zero attached hydrogens (tertiary/aromatic N) is 4. The van der Waals surface area contributed by atoms with E-state index in [2.05, 4.69) is 9.88 Å². The van der Waals surface area contributed by atoms with Gasteiger partial charge in [-0.1, -0.05) is 23.7 Å². The third kappa shape index (κ3) is 5.28. The minimum Gasteiger partial charge on any atom is -0.497 e. The Bertz CT molecular complexity index is 1880. The highest BCUT2D eigenvalue weighted by atomic mass is 35.5. The molecule has 1 amide bonds. The molecule has 2 atom stereocenters. The molecule has 2 fully saturated rings. The van der Waals surface area contributed by atoms with Gasteiger partial charge in [0, 0.05) is 42.3 Å². The van der Waals surface area contributed by atoms with Crippen molar-refractivity contribution < 1.29 is 31.8 Å². The van der Waals surface area contributed by atoms with Crippen molar-refractivity contribution in [1.29, 1.82) is 0 Å². The number of hydrogen-bond acceptors (Lipinski definition) is 10. The monoisotopic (exact) mass is 678 g/mol. The molecule has 1 unspecified atom stereocenters. The van der Waals surface area contributed by atoms with E-state index in [9.17, 15) is 8.42 Å². The van der Waals surface area contributed by atoms with Crippen LogP contribution in [0.4, 0.5) is 5.69 Å². The molecular weight excluding hydrogens is 644 g/mol. The van der Waals surface area contributed by atoms with Gasteiger partial charge >= 0.3 is 0 Å². The lowest BCUT2D eigenvalue weighted by molar-refractivity contribution is -0.127. The summed E-state index contributed by atoms with van der Waals surface area (Å²) in [7, 11) is -1.38. The number of carbonyl (C=O) groups is 1. The molecule has 246 valence electrons. The zero-order chi connectivity index (χ0) is 32.8. The van der Waals surface area contributed by atoms with Crippen molar-refractivity contribution in [2.24, 2.45) is 0 Å². The lowest BCUT2D eigenvalue weighted by Crippen LogP contribution is -2.54. The lowest BCUT2D eigenvalue weighted by atomic mass is 9.80. The molecule has 47 heavy (non-hydrogen) atoms. The molecular formula is C34H35ClN4O7S. The van der Waals surface area contributed by atoms with Crippen molar-refractivity contribution in [1.82, 2.24) is 14.8 Å². The molecule has 11 nitrogen and oxygen atoms in total. The quantitative estimate of drug-likeness (QED) is 0.240. The Hall–Kier alpha value is -3.94. The second-order valence-corrected chi connectivity index (χ2v) is 14.0. The molecule has 3 aliphatic rings. The first-order valence-corrected chi connectivity index (χ1v) is 17.3. The van der Waals surface area contributed by atoms with Crippen molar-refractivity contribution in [3.63, 3.8) is 0 Å². The van der Waals surface area contributed by atoms with Crippen LogP contribution in [-0.2, 0) is 31.6 Å². The van der Waals surface area contributed by atoms with Gasteiger partial charge < -0.3 is 18.6 Å². The number of rotatable bonds is 9. The summed E-state index contributed by atoms with van der Waals surface area (Å²) in [5.74, 6) is 0.727. The lowest BCUT2D eigenvalue weighted by Gasteiger charge is -2.41. The summed E-state index contributed by atoms with van der Waals surface area (Å²) in [5.41, 5.74) is 0.502. The number of anilines is 1. The van der Waals surface area contributed by atoms with Crippen LogP contribution in [0.2, 0.25) is 5.02 Å². The molecule has 2 saturated heterocycles. The molecule has 1 aromatic heterocycles. The Labute approximate surface area is 278 Å². The maximum Gasteiger partial charge on any atom is 0.271 e. The third-order valence-corrected chi connectivity index (χ3v) is 11.2. The minimum absolute atomic E-state index is 0.0629. The Morgan fingerprint density at radius 1 is 0.979 bits per heavy atom. The van der Waals surface area contributed by atoms with Gasteiger partial charge in [0.25, 0.3) is 15.9 Å². The molecule has 7 rings (SSSR count). The van der Waals surface area contributed by atoms with Gasteiger partial charge in [0.15, 0.2) is 5.54 Å². The number of halogens is 1. The van der Waals surface area contributed by atoms with Gasteiger partial charge in [-0.15, -0.1) is 0 Å². The zero-order valence-corrected chi connectivity index (χ0v) is 27.7. The summed E-state index contributed by atoms with van der Waals surface area (Å²) < 4.78 is 52.6. The van der Waals surface area contributed by atoms with Crippen LogP contribution in [0.1, 0.15) is 41.5 Å². The van der Waals surface area contributed by atoms with Gasteiger partial charge in [0.1, 0.15) is 17.8 Å². The predicted octanol–water partition coefficient (Wildman–Crippen LogP) is 4.99. The number of benzene rings is 3. The van der Waals surface area contributed by atoms with E-state index in [1.165, 1.54) is 31.6 Å². The van der Waals surface area contributed by atoms with Crippen molar-refractivity contribution in [2.75, 3.05) is 51.4 Å². The molecule has 4 heterocycles. The Morgan fingerprint density at radius 2 is 1.77 bits per heavy atom. The average molecular weight is 679 g/mol. The van der Waals surface area contributed by atoms with E-state index in [1.54, 1.807) is 37.6 Å². The maximum atomic E-state index is 15.5. The number of amides is 1. The number of oxazole rings is 1. The molecule has 0 radical (unpaired) electrons. The van der Waals surface area contributed by atoms with Crippen LogP contribution in [0.15, 0.2) is 82.4 Å². The van der Waals surface area contributed by atoms with Crippen LogP contribution in [-0.4, -0.2) is 76.2 Å². The normalized spacial score (nSPS) is 22.1. The van der Waals surface area contributed by atoms with Crippen molar-refractivity contribution in [3.05, 3.63) is 101 Å². The van der Waals surface area contributed by atoms with Gasteiger partial charge in [-0.2, -0.15) is 0 Å². The number of likely N-dealkylation sites (tertiary alicyclic amines) is 1. The smallest absolute Gasteiger partial charge is 0.271 e. The summed E-state index contributed by atoms with van der Waals surface area (Å²) in [5, 5.41) is 0.293. The summed E-state index contributed by atoms with van der Waals surface area (Å²) in [6.07, 6.45) is 4.46. The van der Waals surface area contributed by atoms with Gasteiger partial charge in [-0.3, -0.25) is 14.6 Å².